The van der Waals surface area contributed by atoms with Crippen LogP contribution in [-0.4, -0.2) is 39.4 Å². The van der Waals surface area contributed by atoms with Crippen molar-refractivity contribution in [1.82, 2.24) is 15.0 Å². The lowest BCUT2D eigenvalue weighted by molar-refractivity contribution is -0.111. The van der Waals surface area contributed by atoms with Gasteiger partial charge in [-0.15, -0.1) is 0 Å². The zero-order valence-electron chi connectivity index (χ0n) is 13.5. The molecule has 1 amide bonds. The van der Waals surface area contributed by atoms with Crippen molar-refractivity contribution in [2.24, 2.45) is 0 Å². The summed E-state index contributed by atoms with van der Waals surface area (Å²) in [5.74, 6) is 0.128. The number of anilines is 1. The Morgan fingerprint density at radius 2 is 1.92 bits per heavy atom. The van der Waals surface area contributed by atoms with E-state index in [2.05, 4.69) is 26.8 Å². The average molecular weight is 336 g/mol. The number of hydrogen-bond acceptors (Lipinski definition) is 6. The zero-order chi connectivity index (χ0) is 18.2. The Kier molecular flexibility index (Phi) is 6.02. The van der Waals surface area contributed by atoms with Crippen LogP contribution in [0.5, 0.6) is 0 Å². The highest BCUT2D eigenvalue weighted by Crippen LogP contribution is 2.26. The van der Waals surface area contributed by atoms with Crippen LogP contribution in [0.4, 0.5) is 5.69 Å². The molecule has 0 unspecified atom stereocenters. The molecule has 2 heterocycles. The van der Waals surface area contributed by atoms with Crippen LogP contribution in [-0.2, 0) is 4.79 Å². The van der Waals surface area contributed by atoms with Crippen LogP contribution < -0.4 is 5.32 Å². The number of pyridine rings is 1. The number of rotatable bonds is 4. The third-order valence-electron chi connectivity index (χ3n) is 3.24. The molecule has 0 saturated heterocycles. The highest BCUT2D eigenvalue weighted by Gasteiger charge is 2.08. The van der Waals surface area contributed by atoms with Crippen LogP contribution in [0.3, 0.4) is 0 Å². The fraction of sp³-hybridized carbons (Fsp3) is 0.0556. The van der Waals surface area contributed by atoms with Crippen LogP contribution in [0.15, 0.2) is 55.4 Å². The fourth-order valence-corrected chi connectivity index (χ4v) is 2.16. The summed E-state index contributed by atoms with van der Waals surface area (Å²) < 4.78 is 0. The van der Waals surface area contributed by atoms with Crippen LogP contribution in [0, 0.1) is 0 Å². The Balaban J connectivity index is 0.00000109. The minimum atomic E-state index is -0.304. The number of aromatic nitrogens is 3. The molecule has 0 atom stereocenters. The van der Waals surface area contributed by atoms with E-state index in [9.17, 15) is 9.59 Å². The van der Waals surface area contributed by atoms with Gasteiger partial charge in [-0.2, -0.15) is 0 Å². The highest BCUT2D eigenvalue weighted by molar-refractivity contribution is 6.05. The molecule has 2 N–H and O–H groups in total. The van der Waals surface area contributed by atoms with Crippen molar-refractivity contribution in [2.75, 3.05) is 12.4 Å². The van der Waals surface area contributed by atoms with Crippen molar-refractivity contribution >= 4 is 28.8 Å². The molecule has 2 aromatic heterocycles. The summed E-state index contributed by atoms with van der Waals surface area (Å²) in [4.78, 5) is 35.0. The smallest absolute Gasteiger partial charge is 0.247 e. The Morgan fingerprint density at radius 1 is 1.16 bits per heavy atom. The zero-order valence-corrected chi connectivity index (χ0v) is 13.5. The number of nitrogens with one attached hydrogen (secondary N) is 1. The summed E-state index contributed by atoms with van der Waals surface area (Å²) in [7, 11) is 1.00. The molecule has 0 saturated carbocycles. The van der Waals surface area contributed by atoms with Gasteiger partial charge in [0, 0.05) is 30.5 Å². The van der Waals surface area contributed by atoms with Gasteiger partial charge in [0.15, 0.2) is 12.1 Å². The number of nitrogens with zero attached hydrogens (tertiary/aromatic N) is 3. The van der Waals surface area contributed by atoms with E-state index in [1.807, 2.05) is 18.2 Å². The lowest BCUT2D eigenvalue weighted by Crippen LogP contribution is -2.07. The van der Waals surface area contributed by atoms with Gasteiger partial charge in [-0.1, -0.05) is 6.58 Å². The fourth-order valence-electron chi connectivity index (χ4n) is 2.16. The largest absolute Gasteiger partial charge is 0.400 e. The van der Waals surface area contributed by atoms with E-state index < -0.39 is 0 Å². The van der Waals surface area contributed by atoms with Crippen LogP contribution in [0.1, 0.15) is 10.5 Å². The summed E-state index contributed by atoms with van der Waals surface area (Å²) in [6.45, 7) is 3.44. The monoisotopic (exact) mass is 336 g/mol. The number of carbonyl (C=O) groups is 2. The molecule has 7 nitrogen and oxygen atoms in total. The van der Waals surface area contributed by atoms with Crippen molar-refractivity contribution in [3.8, 4) is 11.4 Å². The maximum absolute atomic E-state index is 11.6. The molecular formula is C18H16N4O3. The van der Waals surface area contributed by atoms with Crippen molar-refractivity contribution in [3.63, 3.8) is 0 Å². The first-order valence-corrected chi connectivity index (χ1v) is 7.27. The first-order chi connectivity index (χ1) is 12.2. The van der Waals surface area contributed by atoms with Crippen molar-refractivity contribution in [2.45, 2.75) is 0 Å². The molecule has 0 radical (unpaired) electrons. The second-order valence-corrected chi connectivity index (χ2v) is 4.71. The van der Waals surface area contributed by atoms with Gasteiger partial charge in [0.1, 0.15) is 5.69 Å². The van der Waals surface area contributed by atoms with Gasteiger partial charge < -0.3 is 10.4 Å². The molecule has 0 bridgehead atoms. The summed E-state index contributed by atoms with van der Waals surface area (Å²) in [5, 5.41) is 10.5. The molecule has 3 aromatic rings. The number of fused-ring (bicyclic) bond motifs is 1. The number of aldehydes is 1. The molecule has 3 rings (SSSR count). The van der Waals surface area contributed by atoms with Gasteiger partial charge >= 0.3 is 0 Å². The van der Waals surface area contributed by atoms with Crippen molar-refractivity contribution < 1.29 is 14.7 Å². The van der Waals surface area contributed by atoms with Gasteiger partial charge in [-0.3, -0.25) is 14.6 Å². The number of amides is 1. The normalized spacial score (nSPS) is 9.68. The lowest BCUT2D eigenvalue weighted by Gasteiger charge is -2.08. The van der Waals surface area contributed by atoms with Gasteiger partial charge in [0.2, 0.25) is 5.91 Å². The van der Waals surface area contributed by atoms with E-state index in [1.165, 1.54) is 18.3 Å². The summed E-state index contributed by atoms with van der Waals surface area (Å²) in [6.07, 6.45) is 5.01. The number of hydrogen-bond donors (Lipinski definition) is 2. The molecule has 0 aliphatic rings. The summed E-state index contributed by atoms with van der Waals surface area (Å²) >= 11 is 0. The molecule has 0 aliphatic heterocycles. The quantitative estimate of drug-likeness (QED) is 0.559. The molecule has 25 heavy (non-hydrogen) atoms. The second kappa shape index (κ2) is 8.42. The summed E-state index contributed by atoms with van der Waals surface area (Å²) in [6, 6.07) is 8.69. The highest BCUT2D eigenvalue weighted by atomic mass is 16.2. The van der Waals surface area contributed by atoms with E-state index in [0.29, 0.717) is 23.5 Å². The Hall–Kier alpha value is -3.45. The summed E-state index contributed by atoms with van der Waals surface area (Å²) in [5.41, 5.74) is 2.38. The maximum Gasteiger partial charge on any atom is 0.247 e. The van der Waals surface area contributed by atoms with Gasteiger partial charge in [0.25, 0.3) is 0 Å². The predicted molar refractivity (Wildman–Crippen MR) is 95.1 cm³/mol. The average Bonchev–Trinajstić information content (AvgIpc) is 2.69. The Labute approximate surface area is 144 Å². The molecular weight excluding hydrogens is 320 g/mol. The van der Waals surface area contributed by atoms with E-state index in [1.54, 1.807) is 12.3 Å². The standard InChI is InChI=1S/C17H12N4O2.CH4O/c1-2-16(23)21-15-6-8-18-14-4-3-11(9-13(14)15)17-19-7-5-12(10-22)20-17;1-2/h2-10H,1H2,(H,18,21,23);2H,1H3. The lowest BCUT2D eigenvalue weighted by atomic mass is 10.1. The Bertz CT molecular complexity index is 925. The number of aliphatic hydroxyl groups is 1. The van der Waals surface area contributed by atoms with Gasteiger partial charge in [0.05, 0.1) is 11.2 Å². The van der Waals surface area contributed by atoms with Crippen LogP contribution in [0.25, 0.3) is 22.3 Å². The van der Waals surface area contributed by atoms with E-state index in [4.69, 9.17) is 5.11 Å². The molecule has 126 valence electrons. The number of aliphatic hydroxyl groups excluding tert-OH is 1. The predicted octanol–water partition coefficient (Wildman–Crippen LogP) is 2.24. The van der Waals surface area contributed by atoms with Gasteiger partial charge in [-0.25, -0.2) is 9.97 Å². The molecule has 0 spiro atoms. The third-order valence-corrected chi connectivity index (χ3v) is 3.24. The topological polar surface area (TPSA) is 105 Å². The van der Waals surface area contributed by atoms with E-state index in [0.717, 1.165) is 23.6 Å². The molecule has 0 fully saturated rings. The van der Waals surface area contributed by atoms with E-state index in [-0.39, 0.29) is 5.91 Å². The minimum Gasteiger partial charge on any atom is -0.400 e. The van der Waals surface area contributed by atoms with Crippen LogP contribution >= 0.6 is 0 Å². The number of benzene rings is 1. The second-order valence-electron chi connectivity index (χ2n) is 4.71. The van der Waals surface area contributed by atoms with Gasteiger partial charge in [-0.05, 0) is 36.4 Å². The molecule has 7 heteroatoms. The number of carbonyl (C=O) groups excluding carboxylic acids is 2. The minimum absolute atomic E-state index is 0.304. The van der Waals surface area contributed by atoms with Crippen molar-refractivity contribution in [1.29, 1.82) is 0 Å². The van der Waals surface area contributed by atoms with Crippen molar-refractivity contribution in [3.05, 3.63) is 61.1 Å². The third kappa shape index (κ3) is 4.10. The first kappa shape index (κ1) is 17.9. The maximum atomic E-state index is 11.6. The molecule has 1 aromatic carbocycles. The Morgan fingerprint density at radius 3 is 2.64 bits per heavy atom. The van der Waals surface area contributed by atoms with Crippen LogP contribution in [0.2, 0.25) is 0 Å². The van der Waals surface area contributed by atoms with E-state index >= 15 is 0 Å². The SMILES string of the molecule is C=CC(=O)Nc1ccnc2ccc(-c3nccc(C=O)n3)cc12.CO. The molecule has 0 aliphatic carbocycles. The first-order valence-electron chi connectivity index (χ1n) is 7.27.